The minimum Gasteiger partial charge on any atom is -0.478 e. The molecule has 6 heteroatoms. The molecule has 0 spiro atoms. The summed E-state index contributed by atoms with van der Waals surface area (Å²) in [5.74, 6) is -1.43. The summed E-state index contributed by atoms with van der Waals surface area (Å²) in [6, 6.07) is 6.33. The van der Waals surface area contributed by atoms with E-state index in [0.717, 1.165) is 0 Å². The zero-order chi connectivity index (χ0) is 15.4. The fourth-order valence-corrected chi connectivity index (χ4v) is 2.47. The van der Waals surface area contributed by atoms with Gasteiger partial charge in [0, 0.05) is 25.9 Å². The van der Waals surface area contributed by atoms with Gasteiger partial charge in [0.1, 0.15) is 0 Å². The number of benzene rings is 1. The van der Waals surface area contributed by atoms with Gasteiger partial charge >= 0.3 is 5.97 Å². The second kappa shape index (κ2) is 6.39. The van der Waals surface area contributed by atoms with Gasteiger partial charge in [-0.15, -0.1) is 0 Å². The Morgan fingerprint density at radius 1 is 1.19 bits per heavy atom. The van der Waals surface area contributed by atoms with E-state index in [0.29, 0.717) is 31.6 Å². The van der Waals surface area contributed by atoms with E-state index >= 15 is 0 Å². The van der Waals surface area contributed by atoms with Crippen molar-refractivity contribution < 1.29 is 19.5 Å². The molecule has 0 aromatic heterocycles. The standard InChI is InChI=1S/C15H18N2O4/c1-10(18)17-8-6-11(7-9-17)14(19)16-13-5-3-2-4-12(13)15(20)21/h2-5,11H,6-9H2,1H3,(H,16,19)(H,20,21). The first-order valence-corrected chi connectivity index (χ1v) is 6.87. The summed E-state index contributed by atoms with van der Waals surface area (Å²) < 4.78 is 0. The highest BCUT2D eigenvalue weighted by Gasteiger charge is 2.26. The third kappa shape index (κ3) is 3.59. The van der Waals surface area contributed by atoms with Crippen molar-refractivity contribution in [3.05, 3.63) is 29.8 Å². The quantitative estimate of drug-likeness (QED) is 0.885. The van der Waals surface area contributed by atoms with E-state index in [9.17, 15) is 14.4 Å². The lowest BCUT2D eigenvalue weighted by Gasteiger charge is -2.30. The Labute approximate surface area is 122 Å². The summed E-state index contributed by atoms with van der Waals surface area (Å²) in [5, 5.41) is 11.8. The molecule has 0 unspecified atom stereocenters. The smallest absolute Gasteiger partial charge is 0.337 e. The molecule has 2 amide bonds. The van der Waals surface area contributed by atoms with Crippen molar-refractivity contribution in [3.8, 4) is 0 Å². The Morgan fingerprint density at radius 2 is 1.81 bits per heavy atom. The third-order valence-corrected chi connectivity index (χ3v) is 3.73. The SMILES string of the molecule is CC(=O)N1CCC(C(=O)Nc2ccccc2C(=O)O)CC1. The van der Waals surface area contributed by atoms with Crippen LogP contribution in [0.25, 0.3) is 0 Å². The number of anilines is 1. The number of nitrogens with zero attached hydrogens (tertiary/aromatic N) is 1. The number of carboxylic acids is 1. The largest absolute Gasteiger partial charge is 0.478 e. The summed E-state index contributed by atoms with van der Waals surface area (Å²) in [6.07, 6.45) is 1.20. The predicted octanol–water partition coefficient (Wildman–Crippen LogP) is 1.58. The average Bonchev–Trinajstić information content (AvgIpc) is 2.47. The highest BCUT2D eigenvalue weighted by Crippen LogP contribution is 2.21. The normalized spacial score (nSPS) is 15.6. The summed E-state index contributed by atoms with van der Waals surface area (Å²) in [5.41, 5.74) is 0.385. The first-order valence-electron chi connectivity index (χ1n) is 6.87. The maximum atomic E-state index is 12.2. The molecule has 2 rings (SSSR count). The number of amides is 2. The molecule has 1 aliphatic heterocycles. The van der Waals surface area contributed by atoms with Gasteiger partial charge in [0.2, 0.25) is 11.8 Å². The van der Waals surface area contributed by atoms with Crippen molar-refractivity contribution in [2.75, 3.05) is 18.4 Å². The number of carboxylic acid groups (broad SMARTS) is 1. The minimum atomic E-state index is -1.07. The number of hydrogen-bond acceptors (Lipinski definition) is 3. The highest BCUT2D eigenvalue weighted by molar-refractivity contribution is 6.01. The van der Waals surface area contributed by atoms with E-state index in [1.54, 1.807) is 23.1 Å². The van der Waals surface area contributed by atoms with Crippen LogP contribution < -0.4 is 5.32 Å². The summed E-state index contributed by atoms with van der Waals surface area (Å²) in [4.78, 5) is 36.3. The Kier molecular flexibility index (Phi) is 4.57. The van der Waals surface area contributed by atoms with E-state index in [2.05, 4.69) is 5.32 Å². The average molecular weight is 290 g/mol. The van der Waals surface area contributed by atoms with Gasteiger partial charge in [0.25, 0.3) is 0 Å². The second-order valence-electron chi connectivity index (χ2n) is 5.12. The number of para-hydroxylation sites is 1. The Bertz CT molecular complexity index is 563. The summed E-state index contributed by atoms with van der Waals surface area (Å²) in [7, 11) is 0. The molecular weight excluding hydrogens is 272 g/mol. The van der Waals surface area contributed by atoms with Gasteiger partial charge in [-0.1, -0.05) is 12.1 Å². The van der Waals surface area contributed by atoms with E-state index in [-0.39, 0.29) is 23.3 Å². The Morgan fingerprint density at radius 3 is 2.38 bits per heavy atom. The molecule has 1 aliphatic rings. The molecular formula is C15H18N2O4. The van der Waals surface area contributed by atoms with Crippen molar-refractivity contribution in [2.24, 2.45) is 5.92 Å². The first kappa shape index (κ1) is 15.0. The topological polar surface area (TPSA) is 86.7 Å². The third-order valence-electron chi connectivity index (χ3n) is 3.73. The van der Waals surface area contributed by atoms with Gasteiger partial charge in [-0.2, -0.15) is 0 Å². The van der Waals surface area contributed by atoms with Crippen LogP contribution in [-0.2, 0) is 9.59 Å². The van der Waals surface area contributed by atoms with Crippen molar-refractivity contribution >= 4 is 23.5 Å². The van der Waals surface area contributed by atoms with Gasteiger partial charge in [-0.3, -0.25) is 9.59 Å². The zero-order valence-corrected chi connectivity index (χ0v) is 11.8. The number of aromatic carboxylic acids is 1. The number of hydrogen-bond donors (Lipinski definition) is 2. The van der Waals surface area contributed by atoms with Crippen molar-refractivity contribution in [2.45, 2.75) is 19.8 Å². The monoisotopic (exact) mass is 290 g/mol. The van der Waals surface area contributed by atoms with Crippen LogP contribution in [0, 0.1) is 5.92 Å². The van der Waals surface area contributed by atoms with Crippen LogP contribution in [0.4, 0.5) is 5.69 Å². The molecule has 1 aromatic rings. The Balaban J connectivity index is 2.00. The zero-order valence-electron chi connectivity index (χ0n) is 11.8. The molecule has 0 bridgehead atoms. The van der Waals surface area contributed by atoms with E-state index in [4.69, 9.17) is 5.11 Å². The van der Waals surface area contributed by atoms with Crippen LogP contribution in [-0.4, -0.2) is 40.9 Å². The molecule has 21 heavy (non-hydrogen) atoms. The first-order chi connectivity index (χ1) is 9.99. The lowest BCUT2D eigenvalue weighted by atomic mass is 9.95. The molecule has 0 radical (unpaired) electrons. The highest BCUT2D eigenvalue weighted by atomic mass is 16.4. The minimum absolute atomic E-state index is 0.0186. The van der Waals surface area contributed by atoms with Gasteiger partial charge in [0.05, 0.1) is 11.3 Å². The molecule has 6 nitrogen and oxygen atoms in total. The van der Waals surface area contributed by atoms with Gasteiger partial charge in [-0.25, -0.2) is 4.79 Å². The molecule has 1 saturated heterocycles. The van der Waals surface area contributed by atoms with E-state index in [1.165, 1.54) is 13.0 Å². The van der Waals surface area contributed by atoms with Crippen LogP contribution in [0.15, 0.2) is 24.3 Å². The predicted molar refractivity (Wildman–Crippen MR) is 77.0 cm³/mol. The molecule has 1 fully saturated rings. The molecule has 0 atom stereocenters. The maximum Gasteiger partial charge on any atom is 0.337 e. The fraction of sp³-hybridized carbons (Fsp3) is 0.400. The molecule has 1 heterocycles. The van der Waals surface area contributed by atoms with Crippen LogP contribution in [0.3, 0.4) is 0 Å². The lowest BCUT2D eigenvalue weighted by molar-refractivity contribution is -0.132. The van der Waals surface area contributed by atoms with Crippen molar-refractivity contribution in [1.82, 2.24) is 4.90 Å². The van der Waals surface area contributed by atoms with Crippen molar-refractivity contribution in [1.29, 1.82) is 0 Å². The van der Waals surface area contributed by atoms with Crippen LogP contribution in [0.5, 0.6) is 0 Å². The van der Waals surface area contributed by atoms with Gasteiger partial charge in [-0.05, 0) is 25.0 Å². The molecule has 0 saturated carbocycles. The van der Waals surface area contributed by atoms with Gasteiger partial charge < -0.3 is 15.3 Å². The maximum absolute atomic E-state index is 12.2. The van der Waals surface area contributed by atoms with Crippen LogP contribution in [0.2, 0.25) is 0 Å². The van der Waals surface area contributed by atoms with E-state index < -0.39 is 5.97 Å². The van der Waals surface area contributed by atoms with Crippen LogP contribution >= 0.6 is 0 Å². The number of rotatable bonds is 3. The fourth-order valence-electron chi connectivity index (χ4n) is 2.47. The summed E-state index contributed by atoms with van der Waals surface area (Å²) >= 11 is 0. The molecule has 1 aromatic carbocycles. The number of likely N-dealkylation sites (tertiary alicyclic amines) is 1. The Hall–Kier alpha value is -2.37. The number of carbonyl (C=O) groups is 3. The van der Waals surface area contributed by atoms with E-state index in [1.807, 2.05) is 0 Å². The van der Waals surface area contributed by atoms with Crippen molar-refractivity contribution in [3.63, 3.8) is 0 Å². The lowest BCUT2D eigenvalue weighted by Crippen LogP contribution is -2.40. The second-order valence-corrected chi connectivity index (χ2v) is 5.12. The number of piperidine rings is 1. The van der Waals surface area contributed by atoms with Gasteiger partial charge in [0.15, 0.2) is 0 Å². The van der Waals surface area contributed by atoms with Crippen LogP contribution in [0.1, 0.15) is 30.1 Å². The summed E-state index contributed by atoms with van der Waals surface area (Å²) in [6.45, 7) is 2.64. The molecule has 2 N–H and O–H groups in total. The molecule has 0 aliphatic carbocycles. The number of carbonyl (C=O) groups excluding carboxylic acids is 2. The number of nitrogens with one attached hydrogen (secondary N) is 1. The molecule has 112 valence electrons.